The Morgan fingerprint density at radius 1 is 0.553 bits per heavy atom. The Hall–Kier alpha value is -1.32. The van der Waals surface area contributed by atoms with Gasteiger partial charge in [0, 0.05) is 0 Å². The normalized spacial score (nSPS) is 17.0. The first-order chi connectivity index (χ1) is 18.7. The van der Waals surface area contributed by atoms with Crippen LogP contribution in [0.3, 0.4) is 0 Å². The molecule has 0 aromatic rings. The minimum atomic E-state index is -0.485. The molecule has 0 aliphatic heterocycles. The molecule has 0 bridgehead atoms. The summed E-state index contributed by atoms with van der Waals surface area (Å²) in [5, 5.41) is 0. The Labute approximate surface area is 236 Å². The van der Waals surface area contributed by atoms with Crippen molar-refractivity contribution in [1.29, 1.82) is 0 Å². The Balaban J connectivity index is 2.06. The second-order valence-electron chi connectivity index (χ2n) is 11.5. The van der Waals surface area contributed by atoms with E-state index in [9.17, 15) is 9.59 Å². The van der Waals surface area contributed by atoms with Gasteiger partial charge in [-0.1, -0.05) is 154 Å². The van der Waals surface area contributed by atoms with Crippen LogP contribution in [0.25, 0.3) is 0 Å². The van der Waals surface area contributed by atoms with Crippen LogP contribution in [0.5, 0.6) is 0 Å². The van der Waals surface area contributed by atoms with Crippen molar-refractivity contribution in [3.8, 4) is 0 Å². The van der Waals surface area contributed by atoms with Gasteiger partial charge in [-0.3, -0.25) is 9.59 Å². The molecule has 0 amide bonds. The molecular formula is C34H62O4. The van der Waals surface area contributed by atoms with E-state index in [1.54, 1.807) is 0 Å². The summed E-state index contributed by atoms with van der Waals surface area (Å²) in [6.07, 6.45) is 33.4. The highest BCUT2D eigenvalue weighted by atomic mass is 16.5. The van der Waals surface area contributed by atoms with Crippen LogP contribution in [-0.4, -0.2) is 25.2 Å². The Morgan fingerprint density at radius 3 is 1.34 bits per heavy atom. The maximum Gasteiger partial charge on any atom is 0.313 e. The van der Waals surface area contributed by atoms with E-state index in [1.165, 1.54) is 116 Å². The molecule has 222 valence electrons. The maximum absolute atomic E-state index is 12.7. The van der Waals surface area contributed by atoms with Gasteiger partial charge in [-0.2, -0.15) is 0 Å². The van der Waals surface area contributed by atoms with Crippen LogP contribution in [-0.2, 0) is 19.1 Å². The SMILES string of the molecule is CCCCCCCCCCCCCOC(=O)C1C=CCCC1C(=O)OCCCCCCCCCCCCC. The molecule has 2 atom stereocenters. The second kappa shape index (κ2) is 25.9. The van der Waals surface area contributed by atoms with Gasteiger partial charge in [0.1, 0.15) is 0 Å². The number of carbonyl (C=O) groups excluding carboxylic acids is 2. The van der Waals surface area contributed by atoms with Crippen molar-refractivity contribution in [3.63, 3.8) is 0 Å². The summed E-state index contributed by atoms with van der Waals surface area (Å²) in [6.45, 7) is 5.45. The highest BCUT2D eigenvalue weighted by molar-refractivity contribution is 5.83. The van der Waals surface area contributed by atoms with Crippen molar-refractivity contribution in [2.45, 2.75) is 168 Å². The van der Waals surface area contributed by atoms with E-state index in [1.807, 2.05) is 12.2 Å². The molecule has 1 aliphatic carbocycles. The van der Waals surface area contributed by atoms with Gasteiger partial charge in [-0.05, 0) is 25.7 Å². The van der Waals surface area contributed by atoms with Gasteiger partial charge in [0.05, 0.1) is 25.0 Å². The van der Waals surface area contributed by atoms with Crippen molar-refractivity contribution < 1.29 is 19.1 Å². The average Bonchev–Trinajstić information content (AvgIpc) is 2.94. The fourth-order valence-electron chi connectivity index (χ4n) is 5.42. The highest BCUT2D eigenvalue weighted by Gasteiger charge is 2.35. The predicted molar refractivity (Wildman–Crippen MR) is 160 cm³/mol. The highest BCUT2D eigenvalue weighted by Crippen LogP contribution is 2.27. The first kappa shape index (κ1) is 34.7. The lowest BCUT2D eigenvalue weighted by molar-refractivity contribution is -0.159. The zero-order valence-electron chi connectivity index (χ0n) is 25.3. The fourth-order valence-corrected chi connectivity index (χ4v) is 5.42. The summed E-state index contributed by atoms with van der Waals surface area (Å²) in [6, 6.07) is 0. The van der Waals surface area contributed by atoms with E-state index in [-0.39, 0.29) is 11.9 Å². The third-order valence-corrected chi connectivity index (χ3v) is 7.98. The molecule has 38 heavy (non-hydrogen) atoms. The molecule has 0 aromatic carbocycles. The number of hydrogen-bond donors (Lipinski definition) is 0. The summed E-state index contributed by atoms with van der Waals surface area (Å²) >= 11 is 0. The van der Waals surface area contributed by atoms with Crippen LogP contribution in [0.15, 0.2) is 12.2 Å². The summed E-state index contributed by atoms with van der Waals surface area (Å²) in [5.41, 5.74) is 0. The molecule has 0 spiro atoms. The molecule has 0 heterocycles. The number of hydrogen-bond acceptors (Lipinski definition) is 4. The quantitative estimate of drug-likeness (QED) is 0.0629. The average molecular weight is 535 g/mol. The van der Waals surface area contributed by atoms with Gasteiger partial charge >= 0.3 is 11.9 Å². The number of allylic oxidation sites excluding steroid dienone is 1. The number of unbranched alkanes of at least 4 members (excludes halogenated alkanes) is 20. The largest absolute Gasteiger partial charge is 0.465 e. The molecular weight excluding hydrogens is 472 g/mol. The molecule has 4 nitrogen and oxygen atoms in total. The van der Waals surface area contributed by atoms with Crippen molar-refractivity contribution >= 4 is 11.9 Å². The third-order valence-electron chi connectivity index (χ3n) is 7.98. The summed E-state index contributed by atoms with van der Waals surface area (Å²) in [7, 11) is 0. The summed E-state index contributed by atoms with van der Waals surface area (Å²) in [5.74, 6) is -1.36. The number of carbonyl (C=O) groups is 2. The molecule has 2 unspecified atom stereocenters. The first-order valence-electron chi connectivity index (χ1n) is 16.7. The maximum atomic E-state index is 12.7. The molecule has 0 fully saturated rings. The van der Waals surface area contributed by atoms with Crippen molar-refractivity contribution in [2.75, 3.05) is 13.2 Å². The van der Waals surface area contributed by atoms with Crippen LogP contribution in [0.4, 0.5) is 0 Å². The van der Waals surface area contributed by atoms with E-state index in [0.29, 0.717) is 19.6 Å². The number of rotatable bonds is 26. The zero-order chi connectivity index (χ0) is 27.5. The minimum absolute atomic E-state index is 0.224. The topological polar surface area (TPSA) is 52.6 Å². The molecule has 0 saturated carbocycles. The van der Waals surface area contributed by atoms with Crippen molar-refractivity contribution in [3.05, 3.63) is 12.2 Å². The lowest BCUT2D eigenvalue weighted by Crippen LogP contribution is -2.33. The fraction of sp³-hybridized carbons (Fsp3) is 0.882. The lowest BCUT2D eigenvalue weighted by Gasteiger charge is -2.24. The van der Waals surface area contributed by atoms with E-state index in [2.05, 4.69) is 13.8 Å². The van der Waals surface area contributed by atoms with Crippen LogP contribution in [0, 0.1) is 11.8 Å². The zero-order valence-corrected chi connectivity index (χ0v) is 25.3. The smallest absolute Gasteiger partial charge is 0.313 e. The molecule has 0 saturated heterocycles. The lowest BCUT2D eigenvalue weighted by atomic mass is 9.84. The van der Waals surface area contributed by atoms with E-state index >= 15 is 0 Å². The van der Waals surface area contributed by atoms with E-state index < -0.39 is 11.8 Å². The monoisotopic (exact) mass is 534 g/mol. The van der Waals surface area contributed by atoms with Crippen LogP contribution >= 0.6 is 0 Å². The molecule has 0 aromatic heterocycles. The van der Waals surface area contributed by atoms with Gasteiger partial charge < -0.3 is 9.47 Å². The van der Waals surface area contributed by atoms with E-state index in [4.69, 9.17) is 9.47 Å². The number of esters is 2. The minimum Gasteiger partial charge on any atom is -0.465 e. The Morgan fingerprint density at radius 2 is 0.921 bits per heavy atom. The van der Waals surface area contributed by atoms with Crippen LogP contribution < -0.4 is 0 Å². The molecule has 4 heteroatoms. The second-order valence-corrected chi connectivity index (χ2v) is 11.5. The van der Waals surface area contributed by atoms with Crippen LogP contribution in [0.1, 0.15) is 168 Å². The first-order valence-corrected chi connectivity index (χ1v) is 16.7. The molecule has 1 aliphatic rings. The van der Waals surface area contributed by atoms with Gasteiger partial charge in [-0.25, -0.2) is 0 Å². The number of ether oxygens (including phenoxy) is 2. The van der Waals surface area contributed by atoms with Crippen molar-refractivity contribution in [2.24, 2.45) is 11.8 Å². The third kappa shape index (κ3) is 18.9. The van der Waals surface area contributed by atoms with Crippen LogP contribution in [0.2, 0.25) is 0 Å². The molecule has 0 N–H and O–H groups in total. The van der Waals surface area contributed by atoms with E-state index in [0.717, 1.165) is 32.1 Å². The predicted octanol–water partition coefficient (Wildman–Crippen LogP) is 10.3. The van der Waals surface area contributed by atoms with Gasteiger partial charge in [0.25, 0.3) is 0 Å². The van der Waals surface area contributed by atoms with Crippen molar-refractivity contribution in [1.82, 2.24) is 0 Å². The summed E-state index contributed by atoms with van der Waals surface area (Å²) < 4.78 is 11.1. The Kier molecular flexibility index (Phi) is 23.7. The standard InChI is InChI=1S/C34H62O4/c1-3-5-7-9-11-13-15-17-19-21-25-29-37-33(35)31-27-23-24-28-32(31)34(36)38-30-26-22-20-18-16-14-12-10-8-6-4-2/h23,27,31-32H,3-22,24-26,28-30H2,1-2H3. The van der Waals surface area contributed by atoms with Gasteiger partial charge in [-0.15, -0.1) is 0 Å². The molecule has 1 rings (SSSR count). The Bertz CT molecular complexity index is 585. The van der Waals surface area contributed by atoms with Gasteiger partial charge in [0.2, 0.25) is 0 Å². The van der Waals surface area contributed by atoms with Gasteiger partial charge in [0.15, 0.2) is 0 Å². The molecule has 0 radical (unpaired) electrons. The summed E-state index contributed by atoms with van der Waals surface area (Å²) in [4.78, 5) is 25.4.